The van der Waals surface area contributed by atoms with Crippen molar-refractivity contribution in [3.8, 4) is 0 Å². The summed E-state index contributed by atoms with van der Waals surface area (Å²) in [5.74, 6) is -3.74. The number of aliphatic carboxylic acids is 1. The van der Waals surface area contributed by atoms with E-state index in [4.69, 9.17) is 5.11 Å². The van der Waals surface area contributed by atoms with Crippen molar-refractivity contribution in [3.05, 3.63) is 34.2 Å². The number of carboxylic acids is 1. The Kier molecular flexibility index (Phi) is 13.7. The van der Waals surface area contributed by atoms with Gasteiger partial charge in [0, 0.05) is 44.5 Å². The average Bonchev–Trinajstić information content (AvgIpc) is 2.87. The lowest BCUT2D eigenvalue weighted by Crippen LogP contribution is -2.43. The molecule has 11 heteroatoms. The maximum absolute atomic E-state index is 13.0. The van der Waals surface area contributed by atoms with E-state index in [-0.39, 0.29) is 43.6 Å². The van der Waals surface area contributed by atoms with Gasteiger partial charge in [0.25, 0.3) is 11.5 Å². The second kappa shape index (κ2) is 16.2. The van der Waals surface area contributed by atoms with E-state index in [1.807, 2.05) is 0 Å². The monoisotopic (exact) mass is 519 g/mol. The van der Waals surface area contributed by atoms with Crippen LogP contribution in [0.25, 0.3) is 0 Å². The summed E-state index contributed by atoms with van der Waals surface area (Å²) in [6.07, 6.45) is 2.80. The Labute approximate surface area is 216 Å². The number of carbonyl (C=O) groups is 6. The number of rotatable bonds is 18. The lowest BCUT2D eigenvalue weighted by molar-refractivity contribution is -0.139. The van der Waals surface area contributed by atoms with Crippen LogP contribution >= 0.6 is 0 Å². The molecule has 0 saturated carbocycles. The maximum Gasteiger partial charge on any atom is 0.303 e. The molecule has 204 valence electrons. The minimum atomic E-state index is -1.20. The van der Waals surface area contributed by atoms with Crippen molar-refractivity contribution in [3.63, 3.8) is 0 Å². The average molecular weight is 520 g/mol. The molecule has 0 aliphatic heterocycles. The first-order valence-electron chi connectivity index (χ1n) is 12.5. The van der Waals surface area contributed by atoms with Crippen LogP contribution in [-0.2, 0) is 41.7 Å². The number of nitrogens with zero attached hydrogens (tertiary/aromatic N) is 1. The zero-order valence-corrected chi connectivity index (χ0v) is 21.7. The van der Waals surface area contributed by atoms with Crippen molar-refractivity contribution in [2.45, 2.75) is 84.2 Å². The first-order valence-corrected chi connectivity index (χ1v) is 12.5. The van der Waals surface area contributed by atoms with Crippen molar-refractivity contribution in [1.29, 1.82) is 0 Å². The summed E-state index contributed by atoms with van der Waals surface area (Å²) < 4.78 is 1.24. The molecule has 37 heavy (non-hydrogen) atoms. The van der Waals surface area contributed by atoms with Gasteiger partial charge in [-0.05, 0) is 24.8 Å². The van der Waals surface area contributed by atoms with Gasteiger partial charge < -0.3 is 20.3 Å². The van der Waals surface area contributed by atoms with Crippen molar-refractivity contribution >= 4 is 35.1 Å². The van der Waals surface area contributed by atoms with Gasteiger partial charge in [0.2, 0.25) is 11.7 Å². The van der Waals surface area contributed by atoms with Crippen LogP contribution in [0, 0.1) is 5.92 Å². The normalized spacial score (nSPS) is 11.6. The first-order chi connectivity index (χ1) is 17.5. The van der Waals surface area contributed by atoms with Crippen LogP contribution in [0.3, 0.4) is 0 Å². The predicted octanol–water partition coefficient (Wildman–Crippen LogP) is 1.19. The fraction of sp³-hybridized carbons (Fsp3) is 0.577. The van der Waals surface area contributed by atoms with Crippen LogP contribution < -0.4 is 16.2 Å². The van der Waals surface area contributed by atoms with E-state index in [9.17, 15) is 33.6 Å². The van der Waals surface area contributed by atoms with Crippen molar-refractivity contribution in [1.82, 2.24) is 15.2 Å². The highest BCUT2D eigenvalue weighted by Crippen LogP contribution is 2.15. The topological polar surface area (TPSA) is 169 Å². The SMILES string of the molecule is CCC(CC)CCC(=O)Cn1cccc(CC(=O)[C@H](CCC(=O)C(=O)NC)NC(=O)CCC(=O)O)c1=O. The minimum absolute atomic E-state index is 0.0891. The Morgan fingerprint density at radius 3 is 2.24 bits per heavy atom. The van der Waals surface area contributed by atoms with Crippen molar-refractivity contribution < 1.29 is 33.9 Å². The van der Waals surface area contributed by atoms with Gasteiger partial charge in [-0.1, -0.05) is 32.8 Å². The van der Waals surface area contributed by atoms with Crippen molar-refractivity contribution in [2.75, 3.05) is 7.05 Å². The number of hydrogen-bond acceptors (Lipinski definition) is 7. The fourth-order valence-electron chi connectivity index (χ4n) is 3.82. The second-order valence-electron chi connectivity index (χ2n) is 8.92. The van der Waals surface area contributed by atoms with E-state index in [2.05, 4.69) is 24.5 Å². The smallest absolute Gasteiger partial charge is 0.303 e. The van der Waals surface area contributed by atoms with Crippen LogP contribution in [0.2, 0.25) is 0 Å². The number of hydrogen-bond donors (Lipinski definition) is 3. The molecule has 0 aliphatic carbocycles. The maximum atomic E-state index is 13.0. The lowest BCUT2D eigenvalue weighted by atomic mass is 9.96. The standard InChI is InChI=1S/C26H37N3O8/c1-4-17(5-2)8-9-19(30)16-29-14-6-7-18(26(29)37)15-22(32)20(10-11-21(31)25(36)27-3)28-23(33)12-13-24(34)35/h6-7,14,17,20H,4-5,8-13,15-16H2,1-3H3,(H,27,36)(H,28,33)(H,34,35)/t20-/m0/s1. The molecule has 0 fully saturated rings. The molecule has 1 aromatic rings. The summed E-state index contributed by atoms with van der Waals surface area (Å²) >= 11 is 0. The minimum Gasteiger partial charge on any atom is -0.481 e. The highest BCUT2D eigenvalue weighted by atomic mass is 16.4. The molecule has 0 aromatic carbocycles. The van der Waals surface area contributed by atoms with E-state index in [0.717, 1.165) is 19.3 Å². The molecule has 0 bridgehead atoms. The molecule has 0 radical (unpaired) electrons. The van der Waals surface area contributed by atoms with Gasteiger partial charge in [-0.3, -0.25) is 33.6 Å². The molecule has 3 N–H and O–H groups in total. The number of carboxylic acid groups (broad SMARTS) is 1. The highest BCUT2D eigenvalue weighted by Gasteiger charge is 2.25. The number of carbonyl (C=O) groups excluding carboxylic acids is 5. The summed E-state index contributed by atoms with van der Waals surface area (Å²) in [5, 5.41) is 13.4. The van der Waals surface area contributed by atoms with Gasteiger partial charge in [-0.2, -0.15) is 0 Å². The Morgan fingerprint density at radius 1 is 0.973 bits per heavy atom. The van der Waals surface area contributed by atoms with E-state index in [1.54, 1.807) is 6.07 Å². The van der Waals surface area contributed by atoms with Gasteiger partial charge in [-0.25, -0.2) is 0 Å². The second-order valence-corrected chi connectivity index (χ2v) is 8.92. The summed E-state index contributed by atoms with van der Waals surface area (Å²) in [6.45, 7) is 4.02. The summed E-state index contributed by atoms with van der Waals surface area (Å²) in [4.78, 5) is 84.6. The number of Topliss-reactive ketones (excluding diaryl/α,β-unsaturated/α-hetero) is 3. The molecule has 0 spiro atoms. The third-order valence-electron chi connectivity index (χ3n) is 6.23. The molecule has 0 aliphatic rings. The molecule has 1 aromatic heterocycles. The molecule has 0 saturated heterocycles. The number of ketones is 3. The largest absolute Gasteiger partial charge is 0.481 e. The summed E-state index contributed by atoms with van der Waals surface area (Å²) in [6, 6.07) is 1.79. The molecule has 2 amide bonds. The Balaban J connectivity index is 2.96. The number of amides is 2. The third kappa shape index (κ3) is 11.3. The molecular weight excluding hydrogens is 482 g/mol. The third-order valence-corrected chi connectivity index (χ3v) is 6.23. The van der Waals surface area contributed by atoms with E-state index >= 15 is 0 Å². The Morgan fingerprint density at radius 2 is 1.65 bits per heavy atom. The summed E-state index contributed by atoms with van der Waals surface area (Å²) in [5.41, 5.74) is -0.396. The highest BCUT2D eigenvalue weighted by molar-refractivity contribution is 6.36. The number of pyridine rings is 1. The molecule has 1 heterocycles. The fourth-order valence-corrected chi connectivity index (χ4v) is 3.82. The molecule has 0 unspecified atom stereocenters. The van der Waals surface area contributed by atoms with Crippen LogP contribution in [0.1, 0.15) is 70.8 Å². The summed E-state index contributed by atoms with van der Waals surface area (Å²) in [7, 11) is 1.29. The number of nitrogens with one attached hydrogen (secondary N) is 2. The number of likely N-dealkylation sites (N-methyl/N-ethyl adjacent to an activating group) is 1. The number of aromatic nitrogens is 1. The van der Waals surface area contributed by atoms with Gasteiger partial charge >= 0.3 is 5.97 Å². The van der Waals surface area contributed by atoms with Gasteiger partial charge in [-0.15, -0.1) is 0 Å². The quantitative estimate of drug-likeness (QED) is 0.243. The lowest BCUT2D eigenvalue weighted by Gasteiger charge is -2.17. The van der Waals surface area contributed by atoms with Crippen LogP contribution in [0.15, 0.2) is 23.1 Å². The molecule has 1 rings (SSSR count). The Bertz CT molecular complexity index is 1040. The first kappa shape index (κ1) is 31.4. The van der Waals surface area contributed by atoms with Crippen LogP contribution in [0.4, 0.5) is 0 Å². The predicted molar refractivity (Wildman–Crippen MR) is 135 cm³/mol. The van der Waals surface area contributed by atoms with Gasteiger partial charge in [0.15, 0.2) is 11.6 Å². The Hall–Kier alpha value is -3.63. The van der Waals surface area contributed by atoms with Crippen molar-refractivity contribution in [2.24, 2.45) is 5.92 Å². The van der Waals surface area contributed by atoms with Crippen LogP contribution in [-0.4, -0.2) is 57.9 Å². The molecule has 11 nitrogen and oxygen atoms in total. The van der Waals surface area contributed by atoms with Gasteiger partial charge in [0.1, 0.15) is 0 Å². The zero-order chi connectivity index (χ0) is 28.0. The molecular formula is C26H37N3O8. The van der Waals surface area contributed by atoms with Gasteiger partial charge in [0.05, 0.1) is 19.0 Å². The van der Waals surface area contributed by atoms with E-state index in [0.29, 0.717) is 12.3 Å². The van der Waals surface area contributed by atoms with E-state index in [1.165, 1.54) is 23.9 Å². The van der Waals surface area contributed by atoms with E-state index < -0.39 is 47.4 Å². The van der Waals surface area contributed by atoms with Crippen LogP contribution in [0.5, 0.6) is 0 Å². The zero-order valence-electron chi connectivity index (χ0n) is 21.7. The molecule has 1 atom stereocenters.